The molecule has 0 spiro atoms. The van der Waals surface area contributed by atoms with Crippen molar-refractivity contribution in [3.05, 3.63) is 57.7 Å². The van der Waals surface area contributed by atoms with Crippen LogP contribution in [0.15, 0.2) is 24.0 Å². The van der Waals surface area contributed by atoms with Gasteiger partial charge in [-0.25, -0.2) is 4.39 Å². The summed E-state index contributed by atoms with van der Waals surface area (Å²) in [5.41, 5.74) is -1.27. The number of carbonyl (C=O) groups excluding carboxylic acids is 1. The van der Waals surface area contributed by atoms with Gasteiger partial charge in [0.1, 0.15) is 27.7 Å². The minimum absolute atomic E-state index is 0.0177. The van der Waals surface area contributed by atoms with Gasteiger partial charge in [-0.05, 0) is 57.4 Å². The van der Waals surface area contributed by atoms with E-state index in [4.69, 9.17) is 21.1 Å². The van der Waals surface area contributed by atoms with Gasteiger partial charge in [0.05, 0.1) is 5.57 Å². The first kappa shape index (κ1) is 23.1. The van der Waals surface area contributed by atoms with Crippen molar-refractivity contribution in [2.75, 3.05) is 0 Å². The summed E-state index contributed by atoms with van der Waals surface area (Å²) in [5, 5.41) is 9.73. The highest BCUT2D eigenvalue weighted by atomic mass is 35.5. The summed E-state index contributed by atoms with van der Waals surface area (Å²) < 4.78 is 52.2. The highest BCUT2D eigenvalue weighted by Gasteiger charge is 2.47. The third-order valence-electron chi connectivity index (χ3n) is 4.99. The van der Waals surface area contributed by atoms with Crippen LogP contribution in [0, 0.1) is 17.6 Å². The molecule has 0 amide bonds. The molecule has 2 aromatic rings. The second-order valence-corrected chi connectivity index (χ2v) is 8.48. The van der Waals surface area contributed by atoms with Gasteiger partial charge in [-0.15, -0.1) is 0 Å². The largest absolute Gasteiger partial charge is 0.508 e. The number of Topliss-reactive ketones (excluding diaryl/α,β-unsaturated/α-hetero) is 1. The number of hydrogen-bond acceptors (Lipinski definition) is 5. The number of carbonyl (C=O) groups is 1. The maximum atomic E-state index is 14.2. The summed E-state index contributed by atoms with van der Waals surface area (Å²) in [5.74, 6) is -6.20. The topological polar surface area (TPSA) is 68.7 Å². The zero-order valence-corrected chi connectivity index (χ0v) is 18.3. The molecule has 0 radical (unpaired) electrons. The van der Waals surface area contributed by atoms with Crippen molar-refractivity contribution in [2.45, 2.75) is 52.2 Å². The van der Waals surface area contributed by atoms with E-state index in [2.05, 4.69) is 4.98 Å². The Balaban J connectivity index is 2.16. The highest BCUT2D eigenvalue weighted by molar-refractivity contribution is 6.31. The molecule has 1 aromatic heterocycles. The Morgan fingerprint density at radius 2 is 1.77 bits per heavy atom. The van der Waals surface area contributed by atoms with Gasteiger partial charge in [0.2, 0.25) is 5.82 Å². The van der Waals surface area contributed by atoms with Crippen molar-refractivity contribution in [3.63, 3.8) is 0 Å². The number of ether oxygens (including phenoxy) is 2. The van der Waals surface area contributed by atoms with Gasteiger partial charge in [0.15, 0.2) is 11.6 Å². The van der Waals surface area contributed by atoms with Gasteiger partial charge in [0, 0.05) is 0 Å². The number of halogens is 4. The average Bonchev–Trinajstić information content (AvgIpc) is 2.69. The molecular weight excluding hydrogens is 435 g/mol. The lowest BCUT2D eigenvalue weighted by Gasteiger charge is -2.40. The van der Waals surface area contributed by atoms with Crippen LogP contribution in [0.4, 0.5) is 13.2 Å². The standard InChI is InChI=1S/C22H21ClF3NO4/c1-6-10-7-8-11(30-20-16(25)14(23)15(24)19(26)27-20)9-12(10)13-17(28)21(2,3)31-22(4,5)18(13)29/h7-9,28H,6H2,1-5H3. The van der Waals surface area contributed by atoms with Gasteiger partial charge in [-0.2, -0.15) is 13.8 Å². The number of ketones is 1. The number of benzene rings is 1. The van der Waals surface area contributed by atoms with Gasteiger partial charge in [-0.3, -0.25) is 4.79 Å². The van der Waals surface area contributed by atoms with Crippen LogP contribution in [-0.4, -0.2) is 27.1 Å². The van der Waals surface area contributed by atoms with Crippen molar-refractivity contribution < 1.29 is 32.5 Å². The Labute approximate surface area is 182 Å². The summed E-state index contributed by atoms with van der Waals surface area (Å²) in [6, 6.07) is 4.47. The van der Waals surface area contributed by atoms with E-state index in [1.807, 2.05) is 6.92 Å². The number of rotatable bonds is 4. The van der Waals surface area contributed by atoms with E-state index < -0.39 is 45.5 Å². The first-order valence-electron chi connectivity index (χ1n) is 9.50. The molecular formula is C22H21ClF3NO4. The smallest absolute Gasteiger partial charge is 0.260 e. The molecule has 0 atom stereocenters. The second-order valence-electron chi connectivity index (χ2n) is 8.10. The highest BCUT2D eigenvalue weighted by Crippen LogP contribution is 2.42. The van der Waals surface area contributed by atoms with E-state index in [-0.39, 0.29) is 17.1 Å². The minimum Gasteiger partial charge on any atom is -0.508 e. The summed E-state index contributed by atoms with van der Waals surface area (Å²) in [7, 11) is 0. The third kappa shape index (κ3) is 4.02. The van der Waals surface area contributed by atoms with E-state index >= 15 is 0 Å². The number of hydrogen-bond donors (Lipinski definition) is 1. The fourth-order valence-electron chi connectivity index (χ4n) is 3.50. The summed E-state index contributed by atoms with van der Waals surface area (Å²) in [6.45, 7) is 8.31. The van der Waals surface area contributed by atoms with Crippen molar-refractivity contribution in [3.8, 4) is 11.6 Å². The molecule has 0 saturated carbocycles. The van der Waals surface area contributed by atoms with Crippen LogP contribution in [0.1, 0.15) is 45.7 Å². The Hall–Kier alpha value is -2.58. The maximum Gasteiger partial charge on any atom is 0.260 e. The molecule has 1 N–H and O–H groups in total. The zero-order valence-electron chi connectivity index (χ0n) is 17.6. The summed E-state index contributed by atoms with van der Waals surface area (Å²) >= 11 is 5.45. The molecule has 3 rings (SSSR count). The van der Waals surface area contributed by atoms with E-state index in [0.717, 1.165) is 0 Å². The Kier molecular flexibility index (Phi) is 5.84. The minimum atomic E-state index is -1.62. The van der Waals surface area contributed by atoms with Gasteiger partial charge in [-0.1, -0.05) is 24.6 Å². The zero-order chi connectivity index (χ0) is 23.3. The molecule has 0 unspecified atom stereocenters. The fourth-order valence-corrected chi connectivity index (χ4v) is 3.66. The lowest BCUT2D eigenvalue weighted by atomic mass is 9.81. The molecule has 0 bridgehead atoms. The molecule has 166 valence electrons. The second kappa shape index (κ2) is 7.84. The number of aromatic nitrogens is 1. The van der Waals surface area contributed by atoms with Crippen LogP contribution < -0.4 is 4.74 Å². The maximum absolute atomic E-state index is 14.2. The first-order chi connectivity index (χ1) is 14.3. The summed E-state index contributed by atoms with van der Waals surface area (Å²) in [6.07, 6.45) is 0.505. The molecule has 0 saturated heterocycles. The predicted octanol–water partition coefficient (Wildman–Crippen LogP) is 5.93. The molecule has 9 heteroatoms. The van der Waals surface area contributed by atoms with Crippen LogP contribution >= 0.6 is 11.6 Å². The first-order valence-corrected chi connectivity index (χ1v) is 9.87. The fraction of sp³-hybridized carbons (Fsp3) is 0.364. The third-order valence-corrected chi connectivity index (χ3v) is 5.32. The van der Waals surface area contributed by atoms with Crippen LogP contribution in [0.25, 0.3) is 5.57 Å². The number of pyridine rings is 1. The number of nitrogens with zero attached hydrogens (tertiary/aromatic N) is 1. The molecule has 0 fully saturated rings. The van der Waals surface area contributed by atoms with Gasteiger partial charge < -0.3 is 14.6 Å². The molecule has 2 heterocycles. The Morgan fingerprint density at radius 1 is 1.13 bits per heavy atom. The molecule has 5 nitrogen and oxygen atoms in total. The van der Waals surface area contributed by atoms with E-state index in [1.54, 1.807) is 33.8 Å². The molecule has 1 aliphatic rings. The Bertz CT molecular complexity index is 1110. The monoisotopic (exact) mass is 455 g/mol. The van der Waals surface area contributed by atoms with Gasteiger partial charge >= 0.3 is 0 Å². The van der Waals surface area contributed by atoms with Crippen molar-refractivity contribution in [1.82, 2.24) is 4.98 Å². The number of aliphatic hydroxyl groups excluding tert-OH is 1. The average molecular weight is 456 g/mol. The van der Waals surface area contributed by atoms with Crippen molar-refractivity contribution in [2.24, 2.45) is 0 Å². The molecule has 1 aliphatic heterocycles. The molecule has 31 heavy (non-hydrogen) atoms. The molecule has 1 aromatic carbocycles. The summed E-state index contributed by atoms with van der Waals surface area (Å²) in [4.78, 5) is 16.2. The quantitative estimate of drug-likeness (QED) is 0.578. The van der Waals surface area contributed by atoms with E-state index in [9.17, 15) is 23.1 Å². The van der Waals surface area contributed by atoms with Crippen molar-refractivity contribution in [1.29, 1.82) is 0 Å². The number of aryl methyl sites for hydroxylation is 1. The van der Waals surface area contributed by atoms with Crippen molar-refractivity contribution >= 4 is 23.0 Å². The molecule has 0 aliphatic carbocycles. The van der Waals surface area contributed by atoms with Crippen LogP contribution in [-0.2, 0) is 16.0 Å². The van der Waals surface area contributed by atoms with Crippen LogP contribution in [0.2, 0.25) is 5.02 Å². The lowest BCUT2D eigenvalue weighted by Crippen LogP contribution is -2.49. The predicted molar refractivity (Wildman–Crippen MR) is 109 cm³/mol. The van der Waals surface area contributed by atoms with E-state index in [0.29, 0.717) is 17.5 Å². The number of aliphatic hydroxyl groups is 1. The van der Waals surface area contributed by atoms with Gasteiger partial charge in [0.25, 0.3) is 11.8 Å². The normalized spacial score (nSPS) is 17.8. The SMILES string of the molecule is CCc1ccc(Oc2nc(F)c(F)c(Cl)c2F)cc1C1=C(O)C(C)(C)OC(C)(C)C1=O. The Morgan fingerprint density at radius 3 is 2.39 bits per heavy atom. The lowest BCUT2D eigenvalue weighted by molar-refractivity contribution is -0.158. The van der Waals surface area contributed by atoms with E-state index in [1.165, 1.54) is 12.1 Å². The van der Waals surface area contributed by atoms with Crippen LogP contribution in [0.5, 0.6) is 11.6 Å². The van der Waals surface area contributed by atoms with Crippen LogP contribution in [0.3, 0.4) is 0 Å².